The molecule has 1 saturated carbocycles. The van der Waals surface area contributed by atoms with Gasteiger partial charge in [0.15, 0.2) is 0 Å². The molecule has 80 valence electrons. The molecule has 2 aliphatic rings. The molecule has 2 bridgehead atoms. The van der Waals surface area contributed by atoms with Crippen LogP contribution >= 0.6 is 0 Å². The van der Waals surface area contributed by atoms with E-state index in [0.717, 1.165) is 18.4 Å². The number of allylic oxidation sites excluding steroid dienone is 2. The largest absolute Gasteiger partial charge is 0.311 e. The molecule has 0 aromatic rings. The summed E-state index contributed by atoms with van der Waals surface area (Å²) in [4.78, 5) is 0. The van der Waals surface area contributed by atoms with Gasteiger partial charge in [-0.3, -0.25) is 0 Å². The molecule has 1 fully saturated rings. The van der Waals surface area contributed by atoms with Crippen molar-refractivity contribution >= 4 is 0 Å². The third kappa shape index (κ3) is 2.03. The van der Waals surface area contributed by atoms with E-state index in [9.17, 15) is 0 Å². The highest BCUT2D eigenvalue weighted by Crippen LogP contribution is 2.42. The molecular formula is C13H23N. The Morgan fingerprint density at radius 2 is 2.29 bits per heavy atom. The Morgan fingerprint density at radius 1 is 1.43 bits per heavy atom. The zero-order valence-electron chi connectivity index (χ0n) is 9.55. The Labute approximate surface area is 88.0 Å². The van der Waals surface area contributed by atoms with Gasteiger partial charge in [-0.25, -0.2) is 0 Å². The topological polar surface area (TPSA) is 12.0 Å². The molecule has 3 atom stereocenters. The van der Waals surface area contributed by atoms with E-state index in [1.807, 2.05) is 0 Å². The first kappa shape index (κ1) is 10.2. The third-order valence-corrected chi connectivity index (χ3v) is 3.91. The maximum absolute atomic E-state index is 3.75. The first-order valence-electron chi connectivity index (χ1n) is 6.16. The van der Waals surface area contributed by atoms with Crippen molar-refractivity contribution in [3.05, 3.63) is 12.2 Å². The lowest BCUT2D eigenvalue weighted by Crippen LogP contribution is -2.44. The monoisotopic (exact) mass is 193 g/mol. The minimum absolute atomic E-state index is 0.490. The molecule has 0 saturated heterocycles. The molecule has 14 heavy (non-hydrogen) atoms. The summed E-state index contributed by atoms with van der Waals surface area (Å²) in [6.45, 7) is 5.72. The first-order valence-corrected chi connectivity index (χ1v) is 6.16. The van der Waals surface area contributed by atoms with E-state index in [0.29, 0.717) is 5.54 Å². The van der Waals surface area contributed by atoms with E-state index in [2.05, 4.69) is 31.3 Å². The van der Waals surface area contributed by atoms with Gasteiger partial charge in [0.2, 0.25) is 0 Å². The average molecular weight is 193 g/mol. The zero-order valence-corrected chi connectivity index (χ0v) is 9.55. The molecule has 0 heterocycles. The van der Waals surface area contributed by atoms with Crippen molar-refractivity contribution < 1.29 is 0 Å². The normalized spacial score (nSPS) is 44.4. The summed E-state index contributed by atoms with van der Waals surface area (Å²) in [7, 11) is 0. The summed E-state index contributed by atoms with van der Waals surface area (Å²) in [5, 5.41) is 3.75. The minimum Gasteiger partial charge on any atom is -0.311 e. The van der Waals surface area contributed by atoms with Crippen LogP contribution < -0.4 is 5.32 Å². The fraction of sp³-hybridized carbons (Fsp3) is 0.846. The molecular weight excluding hydrogens is 170 g/mol. The van der Waals surface area contributed by atoms with Gasteiger partial charge in [-0.1, -0.05) is 26.0 Å². The van der Waals surface area contributed by atoms with Gasteiger partial charge in [-0.05, 0) is 50.5 Å². The fourth-order valence-corrected chi connectivity index (χ4v) is 3.42. The molecule has 1 heteroatoms. The Balaban J connectivity index is 2.11. The summed E-state index contributed by atoms with van der Waals surface area (Å²) in [6, 6.07) is 0. The van der Waals surface area contributed by atoms with Crippen molar-refractivity contribution in [3.63, 3.8) is 0 Å². The molecule has 0 aromatic carbocycles. The maximum atomic E-state index is 3.75. The number of rotatable bonds is 2. The maximum Gasteiger partial charge on any atom is 0.0189 e. The predicted octanol–water partition coefficient (Wildman–Crippen LogP) is 3.12. The van der Waals surface area contributed by atoms with E-state index < -0.39 is 0 Å². The van der Waals surface area contributed by atoms with E-state index in [4.69, 9.17) is 0 Å². The second kappa shape index (κ2) is 4.06. The summed E-state index contributed by atoms with van der Waals surface area (Å²) in [6.07, 6.45) is 11.7. The van der Waals surface area contributed by atoms with E-state index in [1.165, 1.54) is 32.1 Å². The average Bonchev–Trinajstić information content (AvgIpc) is 2.49. The van der Waals surface area contributed by atoms with Gasteiger partial charge in [0.25, 0.3) is 0 Å². The third-order valence-electron chi connectivity index (χ3n) is 3.91. The van der Waals surface area contributed by atoms with Gasteiger partial charge in [0, 0.05) is 5.54 Å². The fourth-order valence-electron chi connectivity index (χ4n) is 3.42. The predicted molar refractivity (Wildman–Crippen MR) is 61.3 cm³/mol. The number of hydrogen-bond donors (Lipinski definition) is 1. The molecule has 0 radical (unpaired) electrons. The molecule has 1 nitrogen and oxygen atoms in total. The van der Waals surface area contributed by atoms with Crippen LogP contribution in [0.2, 0.25) is 0 Å². The lowest BCUT2D eigenvalue weighted by molar-refractivity contribution is 0.275. The second-order valence-corrected chi connectivity index (χ2v) is 5.26. The molecule has 2 rings (SSSR count). The minimum atomic E-state index is 0.490. The van der Waals surface area contributed by atoms with Gasteiger partial charge in [-0.2, -0.15) is 0 Å². The highest BCUT2D eigenvalue weighted by Gasteiger charge is 2.39. The van der Waals surface area contributed by atoms with Crippen LogP contribution in [0.5, 0.6) is 0 Å². The Morgan fingerprint density at radius 3 is 3.07 bits per heavy atom. The first-order chi connectivity index (χ1) is 6.74. The lowest BCUT2D eigenvalue weighted by atomic mass is 9.83. The number of nitrogens with one attached hydrogen (secondary N) is 1. The molecule has 0 amide bonds. The highest BCUT2D eigenvalue weighted by atomic mass is 15.0. The number of fused-ring (bicyclic) bond motifs is 2. The van der Waals surface area contributed by atoms with E-state index >= 15 is 0 Å². The quantitative estimate of drug-likeness (QED) is 0.664. The van der Waals surface area contributed by atoms with Crippen molar-refractivity contribution in [2.75, 3.05) is 6.54 Å². The summed E-state index contributed by atoms with van der Waals surface area (Å²) >= 11 is 0. The van der Waals surface area contributed by atoms with Crippen LogP contribution in [0.15, 0.2) is 12.2 Å². The van der Waals surface area contributed by atoms with Crippen LogP contribution in [0.25, 0.3) is 0 Å². The summed E-state index contributed by atoms with van der Waals surface area (Å²) in [5.41, 5.74) is 0.490. The van der Waals surface area contributed by atoms with Crippen LogP contribution in [0.3, 0.4) is 0 Å². The van der Waals surface area contributed by atoms with Crippen LogP contribution in [0.4, 0.5) is 0 Å². The Bertz CT molecular complexity index is 221. The molecule has 2 aliphatic carbocycles. The smallest absolute Gasteiger partial charge is 0.0189 e. The summed E-state index contributed by atoms with van der Waals surface area (Å²) in [5.74, 6) is 1.71. The van der Waals surface area contributed by atoms with Crippen molar-refractivity contribution in [2.45, 2.75) is 51.5 Å². The Hall–Kier alpha value is -0.300. The standard InChI is InChI=1S/C13H23N/c1-3-14-13-8-7-12(10-13)6-4-5-11(2)9-13/h4-5,11-12,14H,3,6-10H2,1-2H3/b5-4+. The van der Waals surface area contributed by atoms with Gasteiger partial charge in [0.05, 0.1) is 0 Å². The van der Waals surface area contributed by atoms with Crippen LogP contribution in [-0.2, 0) is 0 Å². The van der Waals surface area contributed by atoms with Crippen molar-refractivity contribution in [1.29, 1.82) is 0 Å². The molecule has 1 N–H and O–H groups in total. The van der Waals surface area contributed by atoms with Gasteiger partial charge >= 0.3 is 0 Å². The van der Waals surface area contributed by atoms with Crippen LogP contribution in [0.1, 0.15) is 46.0 Å². The molecule has 0 aromatic heterocycles. The van der Waals surface area contributed by atoms with Gasteiger partial charge in [0.1, 0.15) is 0 Å². The van der Waals surface area contributed by atoms with E-state index in [1.54, 1.807) is 0 Å². The highest BCUT2D eigenvalue weighted by molar-refractivity contribution is 5.04. The Kier molecular flexibility index (Phi) is 2.96. The zero-order chi connectivity index (χ0) is 10.0. The summed E-state index contributed by atoms with van der Waals surface area (Å²) < 4.78 is 0. The van der Waals surface area contributed by atoms with Crippen molar-refractivity contribution in [2.24, 2.45) is 11.8 Å². The van der Waals surface area contributed by atoms with E-state index in [-0.39, 0.29) is 0 Å². The van der Waals surface area contributed by atoms with Crippen molar-refractivity contribution in [3.8, 4) is 0 Å². The van der Waals surface area contributed by atoms with Crippen LogP contribution in [0, 0.1) is 11.8 Å². The van der Waals surface area contributed by atoms with Gasteiger partial charge < -0.3 is 5.32 Å². The van der Waals surface area contributed by atoms with Crippen molar-refractivity contribution in [1.82, 2.24) is 5.32 Å². The molecule has 0 aliphatic heterocycles. The second-order valence-electron chi connectivity index (χ2n) is 5.26. The molecule has 0 spiro atoms. The lowest BCUT2D eigenvalue weighted by Gasteiger charge is -2.33. The molecule has 3 unspecified atom stereocenters. The number of hydrogen-bond acceptors (Lipinski definition) is 1. The van der Waals surface area contributed by atoms with Crippen LogP contribution in [-0.4, -0.2) is 12.1 Å². The van der Waals surface area contributed by atoms with Gasteiger partial charge in [-0.15, -0.1) is 0 Å². The SMILES string of the molecule is CCNC12CCC(C/C=C/C(C)C1)C2.